The summed E-state index contributed by atoms with van der Waals surface area (Å²) in [5.41, 5.74) is 9.95. The standard InChI is InChI=1S/C55H54Cl2N6O10/c1-34-40(30-72-52-18-50(70-28-38-14-36(20-58)22-60-24-38)42(16-46(52)56)26-62-10-12-68-32-48(62)54(64)65)6-4-8-44(34)45-9-5-7-41(35(45)2)31-73-53-19-51(71-29-39-15-37(21-59-3)23-61-25-39)43(17-47(53)57)27-63-11-13-69-33-49(63)55(66)67/h4-9,14-19,21-25,48-49H,10-13,26-33H2,1-3H3,(H,64,65)(H,66,67)/t48-,49-/m1/s1. The van der Waals surface area contributed by atoms with E-state index in [1.54, 1.807) is 62.2 Å². The lowest BCUT2D eigenvalue weighted by molar-refractivity contribution is -0.151. The number of ether oxygens (including phenoxy) is 6. The Balaban J connectivity index is 1.01. The lowest BCUT2D eigenvalue weighted by atomic mass is 9.92. The number of carboxylic acids is 2. The van der Waals surface area contributed by atoms with Gasteiger partial charge in [0, 0.05) is 104 Å². The third-order valence-electron chi connectivity index (χ3n) is 12.8. The lowest BCUT2D eigenvalue weighted by Gasteiger charge is -2.33. The number of pyridine rings is 2. The maximum Gasteiger partial charge on any atom is 0.323 e. The SMILES string of the molecule is CN=Cc1cncc(COc2cc(OCc3cccc(-c4cccc(COc5cc(OCc6cncc(C#N)c6)c(CN6CCOC[C@@H]6C(=O)O)cc5Cl)c4C)c3C)c(Cl)cc2CN2CCOC[C@@H]2C(=O)O)c1. The van der Waals surface area contributed by atoms with Crippen LogP contribution < -0.4 is 18.9 Å². The van der Waals surface area contributed by atoms with Crippen molar-refractivity contribution in [3.63, 3.8) is 0 Å². The fourth-order valence-electron chi connectivity index (χ4n) is 8.77. The second kappa shape index (κ2) is 24.5. The largest absolute Gasteiger partial charge is 0.488 e. The van der Waals surface area contributed by atoms with Crippen LogP contribution in [0.3, 0.4) is 0 Å². The van der Waals surface area contributed by atoms with Crippen molar-refractivity contribution in [3.8, 4) is 40.2 Å². The summed E-state index contributed by atoms with van der Waals surface area (Å²) in [6, 6.07) is 23.2. The minimum atomic E-state index is -0.983. The number of nitriles is 1. The highest BCUT2D eigenvalue weighted by atomic mass is 35.5. The summed E-state index contributed by atoms with van der Waals surface area (Å²) in [6.07, 6.45) is 8.24. The molecule has 18 heteroatoms. The molecule has 16 nitrogen and oxygen atoms in total. The lowest BCUT2D eigenvalue weighted by Crippen LogP contribution is -2.49. The summed E-state index contributed by atoms with van der Waals surface area (Å²) in [7, 11) is 1.69. The van der Waals surface area contributed by atoms with Gasteiger partial charge in [0.2, 0.25) is 0 Å². The van der Waals surface area contributed by atoms with Crippen LogP contribution in [0.5, 0.6) is 23.0 Å². The summed E-state index contributed by atoms with van der Waals surface area (Å²) in [6.45, 7) is 6.99. The van der Waals surface area contributed by atoms with Gasteiger partial charge >= 0.3 is 11.9 Å². The molecule has 2 aliphatic rings. The fourth-order valence-corrected chi connectivity index (χ4v) is 9.25. The Morgan fingerprint density at radius 3 is 1.64 bits per heavy atom. The summed E-state index contributed by atoms with van der Waals surface area (Å²) in [5, 5.41) is 30.0. The van der Waals surface area contributed by atoms with Crippen molar-refractivity contribution in [1.29, 1.82) is 5.26 Å². The van der Waals surface area contributed by atoms with Crippen LogP contribution in [0.1, 0.15) is 55.6 Å². The summed E-state index contributed by atoms with van der Waals surface area (Å²) in [4.78, 5) is 40.5. The maximum absolute atomic E-state index is 12.2. The van der Waals surface area contributed by atoms with Gasteiger partial charge in [-0.2, -0.15) is 5.26 Å². The van der Waals surface area contributed by atoms with E-state index >= 15 is 0 Å². The zero-order chi connectivity index (χ0) is 51.4. The number of benzene rings is 4. The van der Waals surface area contributed by atoms with Gasteiger partial charge in [0.15, 0.2) is 0 Å². The normalized spacial score (nSPS) is 16.2. The van der Waals surface area contributed by atoms with Gasteiger partial charge < -0.3 is 38.6 Å². The molecular formula is C55H54Cl2N6O10. The highest BCUT2D eigenvalue weighted by Gasteiger charge is 2.32. The average molecular weight is 1030 g/mol. The first-order valence-electron chi connectivity index (χ1n) is 23.5. The Kier molecular flexibility index (Phi) is 17.6. The molecule has 378 valence electrons. The number of carboxylic acid groups (broad SMARTS) is 2. The van der Waals surface area contributed by atoms with E-state index in [4.69, 9.17) is 51.6 Å². The van der Waals surface area contributed by atoms with Gasteiger partial charge in [-0.25, -0.2) is 0 Å². The monoisotopic (exact) mass is 1030 g/mol. The van der Waals surface area contributed by atoms with E-state index in [1.165, 1.54) is 6.20 Å². The predicted octanol–water partition coefficient (Wildman–Crippen LogP) is 8.87. The highest BCUT2D eigenvalue weighted by Crippen LogP contribution is 2.38. The van der Waals surface area contributed by atoms with E-state index in [2.05, 4.69) is 33.2 Å². The van der Waals surface area contributed by atoms with E-state index in [9.17, 15) is 25.1 Å². The zero-order valence-corrected chi connectivity index (χ0v) is 42.1. The number of aliphatic carboxylic acids is 2. The number of hydrogen-bond acceptors (Lipinski definition) is 14. The van der Waals surface area contributed by atoms with Crippen molar-refractivity contribution in [2.75, 3.05) is 46.6 Å². The van der Waals surface area contributed by atoms with E-state index in [0.29, 0.717) is 81.6 Å². The van der Waals surface area contributed by atoms with Crippen LogP contribution in [0.25, 0.3) is 11.1 Å². The van der Waals surface area contributed by atoms with Crippen LogP contribution in [-0.4, -0.2) is 107 Å². The molecular weight excluding hydrogens is 976 g/mol. The van der Waals surface area contributed by atoms with Crippen LogP contribution in [0.2, 0.25) is 10.0 Å². The Morgan fingerprint density at radius 2 is 1.16 bits per heavy atom. The van der Waals surface area contributed by atoms with Crippen LogP contribution >= 0.6 is 23.2 Å². The first-order chi connectivity index (χ1) is 35.4. The molecule has 6 aromatic rings. The number of morpholine rings is 2. The molecule has 8 rings (SSSR count). The molecule has 2 aromatic heterocycles. The quantitative estimate of drug-likeness (QED) is 0.0687. The molecule has 4 heterocycles. The van der Waals surface area contributed by atoms with Gasteiger partial charge in [-0.15, -0.1) is 0 Å². The number of halogens is 2. The molecule has 73 heavy (non-hydrogen) atoms. The molecule has 0 aliphatic carbocycles. The number of carbonyl (C=O) groups is 2. The van der Waals surface area contributed by atoms with E-state index < -0.39 is 24.0 Å². The molecule has 4 aromatic carbocycles. The average Bonchev–Trinajstić information content (AvgIpc) is 3.39. The predicted molar refractivity (Wildman–Crippen MR) is 274 cm³/mol. The van der Waals surface area contributed by atoms with Crippen molar-refractivity contribution < 1.29 is 48.2 Å². The minimum absolute atomic E-state index is 0.0607. The van der Waals surface area contributed by atoms with Crippen molar-refractivity contribution in [3.05, 3.63) is 163 Å². The molecule has 0 unspecified atom stereocenters. The summed E-state index contributed by atoms with van der Waals surface area (Å²) < 4.78 is 36.6. The van der Waals surface area contributed by atoms with Crippen LogP contribution in [-0.2, 0) is 58.6 Å². The Labute approximate surface area is 433 Å². The van der Waals surface area contributed by atoms with E-state index in [-0.39, 0.29) is 52.7 Å². The second-order valence-corrected chi connectivity index (χ2v) is 18.4. The summed E-state index contributed by atoms with van der Waals surface area (Å²) >= 11 is 13.9. The molecule has 0 bridgehead atoms. The number of hydrogen-bond donors (Lipinski definition) is 2. The smallest absolute Gasteiger partial charge is 0.323 e. The fraction of sp³-hybridized carbons (Fsp3) is 0.309. The minimum Gasteiger partial charge on any atom is -0.488 e. The van der Waals surface area contributed by atoms with Gasteiger partial charge in [-0.3, -0.25) is 34.3 Å². The highest BCUT2D eigenvalue weighted by molar-refractivity contribution is 6.32. The first kappa shape index (κ1) is 52.2. The van der Waals surface area contributed by atoms with Gasteiger partial charge in [-0.1, -0.05) is 59.6 Å². The third kappa shape index (κ3) is 13.1. The third-order valence-corrected chi connectivity index (χ3v) is 13.4. The number of aliphatic imine (C=N–C) groups is 1. The van der Waals surface area contributed by atoms with Crippen molar-refractivity contribution in [1.82, 2.24) is 19.8 Å². The Morgan fingerprint density at radius 1 is 0.685 bits per heavy atom. The topological polar surface area (TPSA) is 198 Å². The number of aromatic nitrogens is 2. The molecule has 0 spiro atoms. The van der Waals surface area contributed by atoms with Gasteiger partial charge in [0.05, 0.1) is 42.0 Å². The number of rotatable bonds is 20. The van der Waals surface area contributed by atoms with Gasteiger partial charge in [-0.05, 0) is 71.5 Å². The molecule has 2 fully saturated rings. The first-order valence-corrected chi connectivity index (χ1v) is 24.3. The molecule has 2 saturated heterocycles. The zero-order valence-electron chi connectivity index (χ0n) is 40.6. The van der Waals surface area contributed by atoms with Crippen LogP contribution in [0.4, 0.5) is 0 Å². The van der Waals surface area contributed by atoms with Crippen molar-refractivity contribution >= 4 is 41.4 Å². The van der Waals surface area contributed by atoms with Crippen LogP contribution in [0, 0.1) is 25.2 Å². The van der Waals surface area contributed by atoms with Crippen molar-refractivity contribution in [2.24, 2.45) is 4.99 Å². The second-order valence-electron chi connectivity index (χ2n) is 17.6. The molecule has 2 atom stereocenters. The summed E-state index contributed by atoms with van der Waals surface area (Å²) in [5.74, 6) is -0.236. The molecule has 0 saturated carbocycles. The molecule has 2 N–H and O–H groups in total. The maximum atomic E-state index is 12.2. The van der Waals surface area contributed by atoms with Gasteiger partial charge in [0.25, 0.3) is 0 Å². The Bertz CT molecular complexity index is 3040. The van der Waals surface area contributed by atoms with E-state index in [0.717, 1.165) is 44.5 Å². The van der Waals surface area contributed by atoms with Crippen molar-refractivity contribution in [2.45, 2.75) is 65.4 Å². The van der Waals surface area contributed by atoms with Gasteiger partial charge in [0.1, 0.15) is 67.6 Å². The number of nitrogens with zero attached hydrogens (tertiary/aromatic N) is 6. The molecule has 0 amide bonds. The van der Waals surface area contributed by atoms with E-state index in [1.807, 2.05) is 54.0 Å². The molecule has 2 aliphatic heterocycles. The van der Waals surface area contributed by atoms with Crippen LogP contribution in [0.15, 0.2) is 103 Å². The Hall–Kier alpha value is -7.10. The molecule has 0 radical (unpaired) electrons.